The summed E-state index contributed by atoms with van der Waals surface area (Å²) in [5.74, 6) is 2.70. The first-order chi connectivity index (χ1) is 13.4. The largest absolute Gasteiger partial charge is 0.492 e. The number of rotatable bonds is 8. The number of hydrogen-bond acceptors (Lipinski definition) is 2. The Bertz CT molecular complexity index is 901. The number of fused-ring (bicyclic) bond motifs is 2. The number of hydrogen-bond donors (Lipinski definition) is 0. The van der Waals surface area contributed by atoms with Crippen LogP contribution in [0.2, 0.25) is 10.0 Å². The highest BCUT2D eigenvalue weighted by Gasteiger charge is 2.20. The summed E-state index contributed by atoms with van der Waals surface area (Å²) in [5, 5.41) is 4.96. The summed E-state index contributed by atoms with van der Waals surface area (Å²) in [6.45, 7) is 10.0. The van der Waals surface area contributed by atoms with E-state index in [-0.39, 0.29) is 0 Å². The normalized spacial score (nSPS) is 11.7. The van der Waals surface area contributed by atoms with Crippen molar-refractivity contribution in [3.05, 3.63) is 46.4 Å². The van der Waals surface area contributed by atoms with Crippen LogP contribution in [0.3, 0.4) is 0 Å². The van der Waals surface area contributed by atoms with Crippen molar-refractivity contribution in [2.45, 2.75) is 40.5 Å². The maximum absolute atomic E-state index is 6.63. The molecule has 0 spiro atoms. The molecule has 150 valence electrons. The SMILES string of the molecule is CC(C)CCOc1c2cccc(Cl)c2c(OCCC(C)C)c2c(Cl)cccc12. The Balaban J connectivity index is 2.22. The van der Waals surface area contributed by atoms with Gasteiger partial charge in [0.05, 0.1) is 23.3 Å². The average Bonchev–Trinajstić information content (AvgIpc) is 2.63. The first-order valence-electron chi connectivity index (χ1n) is 9.98. The molecule has 0 saturated carbocycles. The van der Waals surface area contributed by atoms with Gasteiger partial charge in [-0.1, -0.05) is 75.2 Å². The van der Waals surface area contributed by atoms with Crippen molar-refractivity contribution in [3.63, 3.8) is 0 Å². The third-order valence-corrected chi connectivity index (χ3v) is 5.48. The van der Waals surface area contributed by atoms with Gasteiger partial charge in [-0.05, 0) is 36.8 Å². The molecule has 0 radical (unpaired) electrons. The summed E-state index contributed by atoms with van der Waals surface area (Å²) in [4.78, 5) is 0. The highest BCUT2D eigenvalue weighted by Crippen LogP contribution is 2.47. The Morgan fingerprint density at radius 2 is 1.11 bits per heavy atom. The van der Waals surface area contributed by atoms with Gasteiger partial charge >= 0.3 is 0 Å². The van der Waals surface area contributed by atoms with E-state index in [0.29, 0.717) is 35.1 Å². The maximum Gasteiger partial charge on any atom is 0.138 e. The van der Waals surface area contributed by atoms with Crippen LogP contribution in [0, 0.1) is 11.8 Å². The minimum atomic E-state index is 0.558. The fourth-order valence-electron chi connectivity index (χ4n) is 3.25. The van der Waals surface area contributed by atoms with E-state index < -0.39 is 0 Å². The summed E-state index contributed by atoms with van der Waals surface area (Å²) < 4.78 is 12.6. The van der Waals surface area contributed by atoms with E-state index in [4.69, 9.17) is 32.7 Å². The van der Waals surface area contributed by atoms with Crippen LogP contribution in [0.25, 0.3) is 21.5 Å². The van der Waals surface area contributed by atoms with Gasteiger partial charge in [0.25, 0.3) is 0 Å². The van der Waals surface area contributed by atoms with Crippen molar-refractivity contribution < 1.29 is 9.47 Å². The second-order valence-corrected chi connectivity index (χ2v) is 8.86. The zero-order chi connectivity index (χ0) is 20.3. The first-order valence-corrected chi connectivity index (χ1v) is 10.7. The first kappa shape index (κ1) is 21.1. The Morgan fingerprint density at radius 1 is 0.679 bits per heavy atom. The number of benzene rings is 3. The Labute approximate surface area is 177 Å². The maximum atomic E-state index is 6.63. The number of halogens is 2. The van der Waals surface area contributed by atoms with Gasteiger partial charge in [-0.15, -0.1) is 0 Å². The summed E-state index contributed by atoms with van der Waals surface area (Å²) in [6, 6.07) is 11.8. The molecule has 0 aromatic heterocycles. The minimum Gasteiger partial charge on any atom is -0.492 e. The van der Waals surface area contributed by atoms with Crippen molar-refractivity contribution in [2.24, 2.45) is 11.8 Å². The molecule has 0 N–H and O–H groups in total. The predicted molar refractivity (Wildman–Crippen MR) is 121 cm³/mol. The molecular formula is C24H28Cl2O2. The Hall–Kier alpha value is -1.64. The molecule has 0 saturated heterocycles. The predicted octanol–water partition coefficient (Wildman–Crippen LogP) is 8.15. The lowest BCUT2D eigenvalue weighted by molar-refractivity contribution is 0.291. The third kappa shape index (κ3) is 4.50. The van der Waals surface area contributed by atoms with Crippen molar-refractivity contribution in [1.82, 2.24) is 0 Å². The van der Waals surface area contributed by atoms with Crippen LogP contribution in [-0.2, 0) is 0 Å². The van der Waals surface area contributed by atoms with Crippen molar-refractivity contribution >= 4 is 44.7 Å². The third-order valence-electron chi connectivity index (χ3n) is 4.85. The highest BCUT2D eigenvalue weighted by atomic mass is 35.5. The van der Waals surface area contributed by atoms with E-state index in [1.54, 1.807) is 0 Å². The lowest BCUT2D eigenvalue weighted by Gasteiger charge is -2.20. The molecule has 3 aromatic rings. The van der Waals surface area contributed by atoms with E-state index in [0.717, 1.165) is 45.9 Å². The lowest BCUT2D eigenvalue weighted by Crippen LogP contribution is -2.05. The van der Waals surface area contributed by atoms with Gasteiger partial charge in [-0.3, -0.25) is 0 Å². The summed E-state index contributed by atoms with van der Waals surface area (Å²) in [5.41, 5.74) is 0. The van der Waals surface area contributed by atoms with Crippen LogP contribution >= 0.6 is 23.2 Å². The fourth-order valence-corrected chi connectivity index (χ4v) is 3.77. The Morgan fingerprint density at radius 3 is 1.54 bits per heavy atom. The van der Waals surface area contributed by atoms with Gasteiger partial charge in [0, 0.05) is 21.5 Å². The molecule has 0 amide bonds. The van der Waals surface area contributed by atoms with Crippen LogP contribution in [0.1, 0.15) is 40.5 Å². The van der Waals surface area contributed by atoms with Gasteiger partial charge < -0.3 is 9.47 Å². The fraction of sp³-hybridized carbons (Fsp3) is 0.417. The summed E-state index contributed by atoms with van der Waals surface area (Å²) in [6.07, 6.45) is 1.95. The molecule has 0 heterocycles. The van der Waals surface area contributed by atoms with E-state index in [1.165, 1.54) is 0 Å². The van der Waals surface area contributed by atoms with Crippen molar-refractivity contribution in [3.8, 4) is 11.5 Å². The van der Waals surface area contributed by atoms with Crippen LogP contribution in [0.4, 0.5) is 0 Å². The molecular weight excluding hydrogens is 391 g/mol. The minimum absolute atomic E-state index is 0.558. The van der Waals surface area contributed by atoms with Gasteiger partial charge in [-0.2, -0.15) is 0 Å². The van der Waals surface area contributed by atoms with Crippen LogP contribution < -0.4 is 9.47 Å². The molecule has 0 aliphatic heterocycles. The molecule has 28 heavy (non-hydrogen) atoms. The lowest BCUT2D eigenvalue weighted by atomic mass is 10.00. The average molecular weight is 419 g/mol. The summed E-state index contributed by atoms with van der Waals surface area (Å²) in [7, 11) is 0. The second-order valence-electron chi connectivity index (χ2n) is 8.05. The standard InChI is InChI=1S/C24H28Cl2O2/c1-15(2)11-13-27-23-17-7-5-9-19(25)21(17)24(28-14-12-16(3)4)22-18(23)8-6-10-20(22)26/h5-10,15-16H,11-14H2,1-4H3. The molecule has 0 atom stereocenters. The Kier molecular flexibility index (Phi) is 6.95. The van der Waals surface area contributed by atoms with Gasteiger partial charge in [0.2, 0.25) is 0 Å². The van der Waals surface area contributed by atoms with Crippen LogP contribution in [-0.4, -0.2) is 13.2 Å². The molecule has 0 fully saturated rings. The zero-order valence-electron chi connectivity index (χ0n) is 17.0. The molecule has 0 unspecified atom stereocenters. The van der Waals surface area contributed by atoms with E-state index in [1.807, 2.05) is 36.4 Å². The number of ether oxygens (including phenoxy) is 2. The quantitative estimate of drug-likeness (QED) is 0.343. The molecule has 3 aromatic carbocycles. The van der Waals surface area contributed by atoms with E-state index in [9.17, 15) is 0 Å². The van der Waals surface area contributed by atoms with Crippen molar-refractivity contribution in [1.29, 1.82) is 0 Å². The molecule has 0 aliphatic carbocycles. The smallest absolute Gasteiger partial charge is 0.138 e. The zero-order valence-corrected chi connectivity index (χ0v) is 18.5. The van der Waals surface area contributed by atoms with E-state index in [2.05, 4.69) is 27.7 Å². The van der Waals surface area contributed by atoms with Crippen LogP contribution in [0.15, 0.2) is 36.4 Å². The highest BCUT2D eigenvalue weighted by molar-refractivity contribution is 6.40. The molecule has 2 nitrogen and oxygen atoms in total. The topological polar surface area (TPSA) is 18.5 Å². The van der Waals surface area contributed by atoms with Gasteiger partial charge in [0.1, 0.15) is 11.5 Å². The molecule has 0 aliphatic rings. The van der Waals surface area contributed by atoms with Crippen molar-refractivity contribution in [2.75, 3.05) is 13.2 Å². The summed E-state index contributed by atoms with van der Waals surface area (Å²) >= 11 is 13.3. The monoisotopic (exact) mass is 418 g/mol. The molecule has 4 heteroatoms. The molecule has 3 rings (SSSR count). The second kappa shape index (κ2) is 9.24. The van der Waals surface area contributed by atoms with Gasteiger partial charge in [0.15, 0.2) is 0 Å². The van der Waals surface area contributed by atoms with E-state index >= 15 is 0 Å². The molecule has 0 bridgehead atoms. The van der Waals surface area contributed by atoms with Crippen LogP contribution in [0.5, 0.6) is 11.5 Å². The van der Waals surface area contributed by atoms with Gasteiger partial charge in [-0.25, -0.2) is 0 Å².